The molecule has 1 heterocycles. The van der Waals surface area contributed by atoms with Gasteiger partial charge in [0.25, 0.3) is 0 Å². The number of ether oxygens (including phenoxy) is 1. The Kier molecular flexibility index (Phi) is 9.69. The van der Waals surface area contributed by atoms with Crippen LogP contribution in [0.4, 0.5) is 40.3 Å². The number of alkyl halides is 6. The summed E-state index contributed by atoms with van der Waals surface area (Å²) >= 11 is 0. The zero-order valence-electron chi connectivity index (χ0n) is 24.9. The highest BCUT2D eigenvalue weighted by Crippen LogP contribution is 2.39. The van der Waals surface area contributed by atoms with Crippen molar-refractivity contribution in [2.24, 2.45) is 0 Å². The second kappa shape index (κ2) is 13.0. The fourth-order valence-corrected chi connectivity index (χ4v) is 5.29. The fourth-order valence-electron chi connectivity index (χ4n) is 5.29. The molecule has 0 spiro atoms. The van der Waals surface area contributed by atoms with E-state index in [9.17, 15) is 40.3 Å². The molecule has 0 aliphatic carbocycles. The molecule has 1 aliphatic heterocycles. The summed E-state index contributed by atoms with van der Waals surface area (Å²) < 4.78 is 101. The van der Waals surface area contributed by atoms with Crippen LogP contribution >= 0.6 is 0 Å². The van der Waals surface area contributed by atoms with Crippen molar-refractivity contribution in [2.45, 2.75) is 51.3 Å². The average Bonchev–Trinajstić information content (AvgIpc) is 2.99. The molecular formula is C32H32F7N3O3. The Morgan fingerprint density at radius 1 is 0.867 bits per heavy atom. The largest absolute Gasteiger partial charge is 0.442 e. The first-order valence-corrected chi connectivity index (χ1v) is 14.1. The summed E-state index contributed by atoms with van der Waals surface area (Å²) in [5, 5.41) is 0. The van der Waals surface area contributed by atoms with Crippen molar-refractivity contribution in [2.75, 3.05) is 26.7 Å². The van der Waals surface area contributed by atoms with E-state index in [-0.39, 0.29) is 31.3 Å². The van der Waals surface area contributed by atoms with Crippen LogP contribution in [0.5, 0.6) is 0 Å². The molecule has 0 saturated carbocycles. The van der Waals surface area contributed by atoms with E-state index in [4.69, 9.17) is 4.74 Å². The van der Waals surface area contributed by atoms with Crippen molar-refractivity contribution in [1.29, 1.82) is 0 Å². The van der Waals surface area contributed by atoms with Gasteiger partial charge in [-0.3, -0.25) is 0 Å². The molecule has 1 saturated heterocycles. The van der Waals surface area contributed by atoms with Gasteiger partial charge in [-0.2, -0.15) is 26.3 Å². The maximum Gasteiger partial charge on any atom is 0.416 e. The van der Waals surface area contributed by atoms with Crippen LogP contribution in [0.15, 0.2) is 66.7 Å². The summed E-state index contributed by atoms with van der Waals surface area (Å²) in [7, 11) is 1.28. The van der Waals surface area contributed by atoms with Gasteiger partial charge in [-0.05, 0) is 73.4 Å². The number of piperazine rings is 1. The molecule has 3 amide bonds. The molecule has 3 atom stereocenters. The molecule has 1 aliphatic rings. The minimum atomic E-state index is -5.05. The molecule has 0 aromatic heterocycles. The van der Waals surface area contributed by atoms with Gasteiger partial charge in [0.15, 0.2) is 0 Å². The summed E-state index contributed by atoms with van der Waals surface area (Å²) in [5.74, 6) is -0.520. The van der Waals surface area contributed by atoms with Crippen LogP contribution in [0.1, 0.15) is 65.4 Å². The molecule has 242 valence electrons. The molecule has 1 fully saturated rings. The predicted octanol–water partition coefficient (Wildman–Crippen LogP) is 8.54. The van der Waals surface area contributed by atoms with Gasteiger partial charge < -0.3 is 19.4 Å². The topological polar surface area (TPSA) is 53.1 Å². The summed E-state index contributed by atoms with van der Waals surface area (Å²) in [6.07, 6.45) is -11.3. The summed E-state index contributed by atoms with van der Waals surface area (Å²) in [4.78, 5) is 30.9. The number of halogens is 7. The first-order chi connectivity index (χ1) is 21.0. The highest BCUT2D eigenvalue weighted by atomic mass is 19.4. The zero-order valence-corrected chi connectivity index (χ0v) is 24.9. The lowest BCUT2D eigenvalue weighted by atomic mass is 9.97. The number of carbonyl (C=O) groups excluding carboxylic acids is 2. The number of hydrogen-bond acceptors (Lipinski definition) is 3. The SMILES string of the molecule is Cc1cc(F)ccc1[C@H]1CN(C(=O)O[C@H](C)c2ccccc2)CCN1C(=O)N(C)[C@H](C)c1cc(C(F)(F)F)cc(C(F)(F)F)c1. The minimum absolute atomic E-state index is 0.0301. The fraction of sp³-hybridized carbons (Fsp3) is 0.375. The van der Waals surface area contributed by atoms with E-state index < -0.39 is 59.6 Å². The highest BCUT2D eigenvalue weighted by Gasteiger charge is 2.40. The first kappa shape index (κ1) is 33.6. The number of urea groups is 1. The summed E-state index contributed by atoms with van der Waals surface area (Å²) in [5.41, 5.74) is -1.58. The number of hydrogen-bond donors (Lipinski definition) is 0. The van der Waals surface area contributed by atoms with Crippen LogP contribution in [0.25, 0.3) is 0 Å². The van der Waals surface area contributed by atoms with Crippen LogP contribution in [0.3, 0.4) is 0 Å². The number of rotatable bonds is 5. The van der Waals surface area contributed by atoms with Gasteiger partial charge in [-0.25, -0.2) is 14.0 Å². The monoisotopic (exact) mass is 639 g/mol. The average molecular weight is 640 g/mol. The van der Waals surface area contributed by atoms with E-state index in [1.165, 1.54) is 42.0 Å². The van der Waals surface area contributed by atoms with Crippen molar-refractivity contribution in [3.05, 3.63) is 106 Å². The van der Waals surface area contributed by atoms with Crippen LogP contribution in [0.2, 0.25) is 0 Å². The van der Waals surface area contributed by atoms with Crippen molar-refractivity contribution < 1.29 is 45.1 Å². The van der Waals surface area contributed by atoms with E-state index >= 15 is 0 Å². The Morgan fingerprint density at radius 3 is 2.02 bits per heavy atom. The molecule has 3 aromatic carbocycles. The Morgan fingerprint density at radius 2 is 1.47 bits per heavy atom. The van der Waals surface area contributed by atoms with Gasteiger partial charge >= 0.3 is 24.5 Å². The molecule has 0 radical (unpaired) electrons. The van der Waals surface area contributed by atoms with Crippen LogP contribution in [-0.2, 0) is 17.1 Å². The normalized spacial score (nSPS) is 17.1. The Bertz CT molecular complexity index is 1500. The molecule has 6 nitrogen and oxygen atoms in total. The van der Waals surface area contributed by atoms with Crippen molar-refractivity contribution in [3.63, 3.8) is 0 Å². The third-order valence-electron chi connectivity index (χ3n) is 8.00. The van der Waals surface area contributed by atoms with Gasteiger partial charge in [-0.1, -0.05) is 36.4 Å². The van der Waals surface area contributed by atoms with Crippen molar-refractivity contribution in [3.8, 4) is 0 Å². The quantitative estimate of drug-likeness (QED) is 0.263. The number of amides is 3. The molecule has 0 bridgehead atoms. The molecule has 13 heteroatoms. The van der Waals surface area contributed by atoms with Crippen molar-refractivity contribution >= 4 is 12.1 Å². The third kappa shape index (κ3) is 7.69. The standard InChI is InChI=1S/C32H32F7N3O3/c1-19-14-26(33)10-11-27(19)28-18-41(30(44)45-21(3)22-8-6-5-7-9-22)12-13-42(28)29(43)40(4)20(2)23-15-24(31(34,35)36)17-25(16-23)32(37,38)39/h5-11,14-17,20-21,28H,12-13,18H2,1-4H3/t20-,21-,28-/m1/s1. The number of benzene rings is 3. The zero-order chi connectivity index (χ0) is 33.3. The molecule has 45 heavy (non-hydrogen) atoms. The van der Waals surface area contributed by atoms with Gasteiger partial charge in [-0.15, -0.1) is 0 Å². The Balaban J connectivity index is 1.62. The minimum Gasteiger partial charge on any atom is -0.442 e. The predicted molar refractivity (Wildman–Crippen MR) is 152 cm³/mol. The lowest BCUT2D eigenvalue weighted by Gasteiger charge is -2.44. The van der Waals surface area contributed by atoms with E-state index in [1.54, 1.807) is 38.1 Å². The number of carbonyl (C=O) groups is 2. The molecule has 0 N–H and O–H groups in total. The molecular weight excluding hydrogens is 607 g/mol. The maximum atomic E-state index is 14.0. The van der Waals surface area contributed by atoms with Gasteiger partial charge in [0.05, 0.1) is 23.2 Å². The lowest BCUT2D eigenvalue weighted by Crippen LogP contribution is -2.55. The third-order valence-corrected chi connectivity index (χ3v) is 8.00. The van der Waals surface area contributed by atoms with Gasteiger partial charge in [0.1, 0.15) is 11.9 Å². The highest BCUT2D eigenvalue weighted by molar-refractivity contribution is 5.76. The van der Waals surface area contributed by atoms with Gasteiger partial charge in [0, 0.05) is 26.7 Å². The van der Waals surface area contributed by atoms with E-state index in [1.807, 2.05) is 6.07 Å². The van der Waals surface area contributed by atoms with E-state index in [0.29, 0.717) is 23.3 Å². The van der Waals surface area contributed by atoms with Crippen LogP contribution in [0, 0.1) is 12.7 Å². The Labute approximate surface area is 256 Å². The second-order valence-corrected chi connectivity index (χ2v) is 11.0. The van der Waals surface area contributed by atoms with Crippen molar-refractivity contribution in [1.82, 2.24) is 14.7 Å². The Hall–Kier alpha value is -4.29. The van der Waals surface area contributed by atoms with Crippen LogP contribution in [-0.4, -0.2) is 53.5 Å². The number of aryl methyl sites for hydroxylation is 1. The maximum absolute atomic E-state index is 14.0. The molecule has 0 unspecified atom stereocenters. The lowest BCUT2D eigenvalue weighted by molar-refractivity contribution is -0.143. The number of nitrogens with zero attached hydrogens (tertiary/aromatic N) is 3. The summed E-state index contributed by atoms with van der Waals surface area (Å²) in [6, 6.07) is 11.5. The molecule has 3 aromatic rings. The molecule has 4 rings (SSSR count). The van der Waals surface area contributed by atoms with E-state index in [2.05, 4.69) is 0 Å². The summed E-state index contributed by atoms with van der Waals surface area (Å²) in [6.45, 7) is 4.61. The first-order valence-electron chi connectivity index (χ1n) is 14.1. The smallest absolute Gasteiger partial charge is 0.416 e. The van der Waals surface area contributed by atoms with Crippen LogP contribution < -0.4 is 0 Å². The second-order valence-electron chi connectivity index (χ2n) is 11.0. The van der Waals surface area contributed by atoms with Gasteiger partial charge in [0.2, 0.25) is 0 Å². The van der Waals surface area contributed by atoms with E-state index in [0.717, 1.165) is 10.5 Å².